The van der Waals surface area contributed by atoms with Gasteiger partial charge < -0.3 is 11.1 Å². The molecule has 196 valence electrons. The van der Waals surface area contributed by atoms with E-state index in [1.807, 2.05) is 86.7 Å². The molecular weight excluding hydrogens is 471 g/mol. The first-order chi connectivity index (χ1) is 18.1. The van der Waals surface area contributed by atoms with E-state index in [1.54, 1.807) is 26.2 Å². The molecule has 0 aliphatic heterocycles. The number of hydrogen-bond donors (Lipinski definition) is 2. The molecule has 2 aromatic carbocycles. The van der Waals surface area contributed by atoms with Crippen LogP contribution in [0.1, 0.15) is 49.9 Å². The molecule has 3 aromatic rings. The van der Waals surface area contributed by atoms with Crippen LogP contribution in [-0.4, -0.2) is 17.2 Å². The second-order valence-corrected chi connectivity index (χ2v) is 9.61. The van der Waals surface area contributed by atoms with Gasteiger partial charge in [-0.25, -0.2) is 4.39 Å². The minimum Gasteiger partial charge on any atom is -0.381 e. The van der Waals surface area contributed by atoms with Gasteiger partial charge in [0.1, 0.15) is 5.67 Å². The van der Waals surface area contributed by atoms with Crippen molar-refractivity contribution in [2.24, 2.45) is 10.7 Å². The normalized spacial score (nSPS) is 12.3. The molecule has 0 atom stereocenters. The fourth-order valence-electron chi connectivity index (χ4n) is 3.95. The van der Waals surface area contributed by atoms with Crippen molar-refractivity contribution >= 4 is 17.1 Å². The van der Waals surface area contributed by atoms with E-state index in [9.17, 15) is 4.39 Å². The Labute approximate surface area is 226 Å². The van der Waals surface area contributed by atoms with Crippen molar-refractivity contribution in [1.82, 2.24) is 10.3 Å². The van der Waals surface area contributed by atoms with E-state index in [1.165, 1.54) is 0 Å². The quantitative estimate of drug-likeness (QED) is 0.205. The highest BCUT2D eigenvalue weighted by atomic mass is 19.1. The highest BCUT2D eigenvalue weighted by Crippen LogP contribution is 2.36. The summed E-state index contributed by atoms with van der Waals surface area (Å²) in [5.74, 6) is 0. The van der Waals surface area contributed by atoms with Crippen molar-refractivity contribution in [1.29, 1.82) is 0 Å². The molecule has 3 rings (SSSR count). The van der Waals surface area contributed by atoms with Crippen LogP contribution in [-0.2, 0) is 12.2 Å². The maximum atomic E-state index is 14.5. The molecule has 0 saturated carbocycles. The fraction of sp³-hybridized carbons (Fsp3) is 0.212. The van der Waals surface area contributed by atoms with E-state index in [0.29, 0.717) is 18.7 Å². The Bertz CT molecular complexity index is 1370. The van der Waals surface area contributed by atoms with Crippen molar-refractivity contribution in [2.75, 3.05) is 6.54 Å². The number of nitrogens with zero attached hydrogens (tertiary/aromatic N) is 2. The summed E-state index contributed by atoms with van der Waals surface area (Å²) in [6.45, 7) is 16.5. The van der Waals surface area contributed by atoms with Gasteiger partial charge in [0.15, 0.2) is 0 Å². The van der Waals surface area contributed by atoms with Crippen molar-refractivity contribution in [3.05, 3.63) is 126 Å². The Morgan fingerprint density at radius 1 is 1.11 bits per heavy atom. The number of halogens is 1. The lowest BCUT2D eigenvalue weighted by molar-refractivity contribution is 0.221. The Kier molecular flexibility index (Phi) is 9.69. The average Bonchev–Trinajstić information content (AvgIpc) is 2.91. The average molecular weight is 509 g/mol. The first kappa shape index (κ1) is 28.5. The fourth-order valence-corrected chi connectivity index (χ4v) is 3.95. The van der Waals surface area contributed by atoms with Crippen LogP contribution in [0.3, 0.4) is 0 Å². The monoisotopic (exact) mass is 508 g/mol. The zero-order valence-corrected chi connectivity index (χ0v) is 22.8. The number of alkyl halides is 1. The largest absolute Gasteiger partial charge is 0.381 e. The number of nitrogens with two attached hydrogens (primary N) is 1. The number of allylic oxidation sites excluding steroid dienone is 3. The Balaban J connectivity index is 2.06. The smallest absolute Gasteiger partial charge is 0.130 e. The van der Waals surface area contributed by atoms with Crippen LogP contribution in [0.15, 0.2) is 109 Å². The summed E-state index contributed by atoms with van der Waals surface area (Å²) in [4.78, 5) is 9.29. The summed E-state index contributed by atoms with van der Waals surface area (Å²) in [6, 6.07) is 15.5. The molecule has 0 spiro atoms. The van der Waals surface area contributed by atoms with Gasteiger partial charge in [0, 0.05) is 48.0 Å². The highest BCUT2D eigenvalue weighted by molar-refractivity contribution is 6.01. The highest BCUT2D eigenvalue weighted by Gasteiger charge is 2.19. The van der Waals surface area contributed by atoms with Gasteiger partial charge in [0.2, 0.25) is 0 Å². The van der Waals surface area contributed by atoms with E-state index in [0.717, 1.165) is 50.5 Å². The number of benzene rings is 2. The lowest BCUT2D eigenvalue weighted by Gasteiger charge is -2.19. The maximum Gasteiger partial charge on any atom is 0.130 e. The lowest BCUT2D eigenvalue weighted by Crippen LogP contribution is -2.15. The predicted octanol–water partition coefficient (Wildman–Crippen LogP) is 7.80. The number of nitrogens with one attached hydrogen (secondary N) is 1. The summed E-state index contributed by atoms with van der Waals surface area (Å²) in [6.07, 6.45) is 11.4. The van der Waals surface area contributed by atoms with Gasteiger partial charge in [-0.2, -0.15) is 0 Å². The molecule has 0 amide bonds. The summed E-state index contributed by atoms with van der Waals surface area (Å²) in [5, 5.41) is 3.42. The lowest BCUT2D eigenvalue weighted by atomic mass is 9.93. The molecule has 0 unspecified atom stereocenters. The van der Waals surface area contributed by atoms with E-state index < -0.39 is 5.67 Å². The molecule has 1 aromatic heterocycles. The summed E-state index contributed by atoms with van der Waals surface area (Å²) in [5.41, 5.74) is 12.8. The molecular formula is C33H37FN4. The molecule has 1 heterocycles. The van der Waals surface area contributed by atoms with Crippen molar-refractivity contribution in [3.63, 3.8) is 0 Å². The molecule has 3 N–H and O–H groups in total. The van der Waals surface area contributed by atoms with Gasteiger partial charge in [-0.1, -0.05) is 73.9 Å². The minimum absolute atomic E-state index is 0.410. The SMILES string of the molecule is C=C(/C=C\C=C/C)CNC(=C)c1c(/N=C(\C)c2cncc(CN)c2)cccc1-c1ccc(C(C)(C)F)cc1. The van der Waals surface area contributed by atoms with E-state index in [-0.39, 0.29) is 0 Å². The molecule has 38 heavy (non-hydrogen) atoms. The Hall–Kier alpha value is -4.09. The second kappa shape index (κ2) is 12.9. The van der Waals surface area contributed by atoms with Crippen LogP contribution in [0.5, 0.6) is 0 Å². The van der Waals surface area contributed by atoms with Crippen molar-refractivity contribution < 1.29 is 4.39 Å². The van der Waals surface area contributed by atoms with Crippen molar-refractivity contribution in [3.8, 4) is 11.1 Å². The van der Waals surface area contributed by atoms with E-state index >= 15 is 0 Å². The van der Waals surface area contributed by atoms with Crippen LogP contribution in [0.4, 0.5) is 10.1 Å². The summed E-state index contributed by atoms with van der Waals surface area (Å²) < 4.78 is 14.5. The van der Waals surface area contributed by atoms with E-state index in [4.69, 9.17) is 10.7 Å². The molecule has 0 fully saturated rings. The molecule has 4 nitrogen and oxygen atoms in total. The van der Waals surface area contributed by atoms with Gasteiger partial charge in [-0.15, -0.1) is 0 Å². The zero-order chi connectivity index (χ0) is 27.7. The van der Waals surface area contributed by atoms with Gasteiger partial charge in [0.05, 0.1) is 5.69 Å². The number of pyridine rings is 1. The number of aromatic nitrogens is 1. The minimum atomic E-state index is -1.41. The van der Waals surface area contributed by atoms with Gasteiger partial charge in [0.25, 0.3) is 0 Å². The molecule has 0 aliphatic carbocycles. The van der Waals surface area contributed by atoms with Crippen LogP contribution in [0.25, 0.3) is 16.8 Å². The van der Waals surface area contributed by atoms with Gasteiger partial charge in [-0.05, 0) is 67.7 Å². The number of hydrogen-bond acceptors (Lipinski definition) is 4. The molecule has 0 aliphatic rings. The van der Waals surface area contributed by atoms with Gasteiger partial charge >= 0.3 is 0 Å². The van der Waals surface area contributed by atoms with Gasteiger partial charge in [-0.3, -0.25) is 9.98 Å². The van der Waals surface area contributed by atoms with E-state index in [2.05, 4.69) is 23.5 Å². The van der Waals surface area contributed by atoms with Crippen molar-refractivity contribution in [2.45, 2.75) is 39.9 Å². The number of aliphatic imine (C=N–C) groups is 1. The first-order valence-electron chi connectivity index (χ1n) is 12.7. The molecule has 0 saturated heterocycles. The number of rotatable bonds is 11. The maximum absolute atomic E-state index is 14.5. The third-order valence-electron chi connectivity index (χ3n) is 6.13. The summed E-state index contributed by atoms with van der Waals surface area (Å²) >= 11 is 0. The second-order valence-electron chi connectivity index (χ2n) is 9.61. The van der Waals surface area contributed by atoms with Crippen LogP contribution in [0.2, 0.25) is 0 Å². The summed E-state index contributed by atoms with van der Waals surface area (Å²) in [7, 11) is 0. The van der Waals surface area contributed by atoms with Crippen LogP contribution < -0.4 is 11.1 Å². The third-order valence-corrected chi connectivity index (χ3v) is 6.13. The third kappa shape index (κ3) is 7.46. The Morgan fingerprint density at radius 2 is 1.84 bits per heavy atom. The molecule has 0 radical (unpaired) electrons. The molecule has 5 heteroatoms. The first-order valence-corrected chi connectivity index (χ1v) is 12.7. The predicted molar refractivity (Wildman–Crippen MR) is 160 cm³/mol. The standard InChI is InChI=1S/C33H37FN4/c1-7-8-9-11-23(2)20-37-25(4)32-30(27-14-16-29(17-15-27)33(5,6)34)12-10-13-31(32)38-24(3)28-18-26(19-35)21-36-22-28/h7-18,21-22,37H,2,4,19-20,35H2,1,3,5-6H3/b8-7-,11-9-,38-24+. The zero-order valence-electron chi connectivity index (χ0n) is 22.8. The van der Waals surface area contributed by atoms with Crippen LogP contribution >= 0.6 is 0 Å². The molecule has 0 bridgehead atoms. The van der Waals surface area contributed by atoms with Crippen LogP contribution in [0, 0.1) is 0 Å². The topological polar surface area (TPSA) is 63.3 Å². The Morgan fingerprint density at radius 3 is 2.50 bits per heavy atom.